The van der Waals surface area contributed by atoms with Crippen LogP contribution in [0, 0.1) is 0 Å². The Morgan fingerprint density at radius 1 is 1.27 bits per heavy atom. The van der Waals surface area contributed by atoms with Crippen molar-refractivity contribution < 1.29 is 4.21 Å². The Morgan fingerprint density at radius 3 is 2.20 bits per heavy atom. The van der Waals surface area contributed by atoms with Gasteiger partial charge in [-0.1, -0.05) is 0 Å². The second-order valence-electron chi connectivity index (χ2n) is 3.35. The van der Waals surface area contributed by atoms with Crippen LogP contribution in [0.25, 0.3) is 0 Å². The van der Waals surface area contributed by atoms with E-state index >= 15 is 0 Å². The second-order valence-corrected chi connectivity index (χ2v) is 4.84. The van der Waals surface area contributed by atoms with E-state index in [9.17, 15) is 4.21 Å². The highest BCUT2D eigenvalue weighted by molar-refractivity contribution is 7.83. The fourth-order valence-corrected chi connectivity index (χ4v) is 0.637. The predicted octanol–water partition coefficient (Wildman–Crippen LogP) is 1.13. The summed E-state index contributed by atoms with van der Waals surface area (Å²) in [6, 6.07) is 2.64. The van der Waals surface area contributed by atoms with Crippen LogP contribution in [0.4, 0.5) is 0 Å². The number of hydrogen-bond donors (Lipinski definition) is 0. The van der Waals surface area contributed by atoms with E-state index in [-0.39, 0.29) is 0 Å². The molecule has 0 amide bonds. The van der Waals surface area contributed by atoms with E-state index in [4.69, 9.17) is 0 Å². The van der Waals surface area contributed by atoms with E-state index in [1.807, 2.05) is 6.92 Å². The van der Waals surface area contributed by atoms with Gasteiger partial charge in [0, 0.05) is 29.9 Å². The van der Waals surface area contributed by atoms with E-state index < -0.39 is 10.8 Å². The van der Waals surface area contributed by atoms with Crippen molar-refractivity contribution in [3.8, 4) is 0 Å². The monoisotopic (exact) mass is 233 g/mol. The molecule has 0 fully saturated rings. The Hall–Kier alpha value is -0.510. The van der Waals surface area contributed by atoms with Gasteiger partial charge >= 0.3 is 0 Å². The van der Waals surface area contributed by atoms with Gasteiger partial charge in [-0.15, -0.1) is 0 Å². The minimum atomic E-state index is -0.611. The molecule has 4 nitrogen and oxygen atoms in total. The number of hydrogen-bond acceptors (Lipinski definition) is 4. The number of aliphatic imine (C=N–C) groups is 2. The lowest BCUT2D eigenvalue weighted by Gasteiger charge is -2.05. The summed E-state index contributed by atoms with van der Waals surface area (Å²) >= 11 is 0. The summed E-state index contributed by atoms with van der Waals surface area (Å²) in [7, 11) is 3.51. The van der Waals surface area contributed by atoms with Crippen molar-refractivity contribution in [1.82, 2.24) is 4.90 Å². The van der Waals surface area contributed by atoms with Gasteiger partial charge in [-0.05, 0) is 34.0 Å². The van der Waals surface area contributed by atoms with E-state index in [1.165, 1.54) is 0 Å². The third kappa shape index (κ3) is 31.7. The molecule has 0 aromatic rings. The van der Waals surface area contributed by atoms with Gasteiger partial charge in [0.1, 0.15) is 0 Å². The molecule has 0 aliphatic heterocycles. The molecule has 0 unspecified atom stereocenters. The normalized spacial score (nSPS) is 9.27. The highest BCUT2D eigenvalue weighted by atomic mass is 32.2. The summed E-state index contributed by atoms with van der Waals surface area (Å²) < 4.78 is 9.56. The molecule has 0 N–H and O–H groups in total. The zero-order valence-electron chi connectivity index (χ0n) is 10.5. The average molecular weight is 233 g/mol. The minimum Gasteiger partial charge on any atom is -0.309 e. The SMILES string of the molecule is CCN=C=NCCCN(C)C.CS(C)=O. The van der Waals surface area contributed by atoms with E-state index in [2.05, 4.69) is 35.0 Å². The molecule has 0 rings (SSSR count). The summed E-state index contributed by atoms with van der Waals surface area (Å²) in [5.41, 5.74) is 0. The molecule has 0 aromatic carbocycles. The standard InChI is InChI=1S/C8H17N3.C2H6OS/c1-4-9-8-10-6-5-7-11(2)3;1-4(2)3/h4-7H2,1-3H3;1-2H3. The number of nitrogens with zero attached hydrogens (tertiary/aromatic N) is 3. The van der Waals surface area contributed by atoms with Gasteiger partial charge in [0.15, 0.2) is 0 Å². The Labute approximate surface area is 96.0 Å². The molecule has 5 heteroatoms. The topological polar surface area (TPSA) is 45.0 Å². The lowest BCUT2D eigenvalue weighted by Crippen LogP contribution is -2.13. The second kappa shape index (κ2) is 13.5. The molecular weight excluding hydrogens is 210 g/mol. The molecule has 0 radical (unpaired) electrons. The molecule has 0 heterocycles. The lowest BCUT2D eigenvalue weighted by molar-refractivity contribution is 0.403. The van der Waals surface area contributed by atoms with Crippen LogP contribution >= 0.6 is 0 Å². The molecule has 0 atom stereocenters. The summed E-state index contributed by atoms with van der Waals surface area (Å²) in [4.78, 5) is 9.99. The van der Waals surface area contributed by atoms with Crippen molar-refractivity contribution in [1.29, 1.82) is 0 Å². The van der Waals surface area contributed by atoms with Gasteiger partial charge in [-0.25, -0.2) is 9.98 Å². The van der Waals surface area contributed by atoms with Crippen LogP contribution in [-0.2, 0) is 10.8 Å². The van der Waals surface area contributed by atoms with Gasteiger partial charge < -0.3 is 4.90 Å². The first-order valence-corrected chi connectivity index (χ1v) is 6.95. The van der Waals surface area contributed by atoms with Crippen molar-refractivity contribution in [2.45, 2.75) is 13.3 Å². The maximum absolute atomic E-state index is 9.56. The molecule has 0 aliphatic carbocycles. The van der Waals surface area contributed by atoms with Crippen molar-refractivity contribution in [3.05, 3.63) is 0 Å². The third-order valence-corrected chi connectivity index (χ3v) is 1.17. The minimum absolute atomic E-state index is 0.611. The van der Waals surface area contributed by atoms with Crippen LogP contribution in [0.15, 0.2) is 9.98 Å². The molecule has 0 saturated heterocycles. The van der Waals surface area contributed by atoms with Gasteiger partial charge in [0.25, 0.3) is 0 Å². The third-order valence-electron chi connectivity index (χ3n) is 1.17. The van der Waals surface area contributed by atoms with E-state index in [0.717, 1.165) is 26.1 Å². The molecular formula is C10H23N3OS. The van der Waals surface area contributed by atoms with Crippen LogP contribution in [0.2, 0.25) is 0 Å². The highest BCUT2D eigenvalue weighted by Gasteiger charge is 1.86. The summed E-state index contributed by atoms with van der Waals surface area (Å²) in [5.74, 6) is 0. The van der Waals surface area contributed by atoms with Crippen molar-refractivity contribution in [2.75, 3.05) is 46.2 Å². The van der Waals surface area contributed by atoms with Crippen LogP contribution < -0.4 is 0 Å². The van der Waals surface area contributed by atoms with Crippen LogP contribution in [-0.4, -0.2) is 61.4 Å². The Balaban J connectivity index is 0. The van der Waals surface area contributed by atoms with E-state index in [0.29, 0.717) is 0 Å². The molecule has 15 heavy (non-hydrogen) atoms. The Bertz CT molecular complexity index is 207. The van der Waals surface area contributed by atoms with Crippen molar-refractivity contribution in [3.63, 3.8) is 0 Å². The number of rotatable bonds is 5. The largest absolute Gasteiger partial charge is 0.309 e. The molecule has 90 valence electrons. The summed E-state index contributed by atoms with van der Waals surface area (Å²) in [5, 5.41) is 0. The Kier molecular flexibility index (Phi) is 15.2. The maximum atomic E-state index is 9.56. The first-order chi connectivity index (χ1) is 7.00. The van der Waals surface area contributed by atoms with Gasteiger partial charge in [0.05, 0.1) is 12.6 Å². The van der Waals surface area contributed by atoms with Crippen molar-refractivity contribution >= 4 is 16.8 Å². The van der Waals surface area contributed by atoms with Crippen LogP contribution in [0.3, 0.4) is 0 Å². The average Bonchev–Trinajstić information content (AvgIpc) is 2.09. The smallest absolute Gasteiger partial charge is 0.0892 e. The fourth-order valence-electron chi connectivity index (χ4n) is 0.637. The quantitative estimate of drug-likeness (QED) is 0.528. The zero-order valence-corrected chi connectivity index (χ0v) is 11.3. The molecule has 0 saturated carbocycles. The Morgan fingerprint density at radius 2 is 1.80 bits per heavy atom. The zero-order chi connectivity index (χ0) is 12.1. The van der Waals surface area contributed by atoms with Gasteiger partial charge in [-0.3, -0.25) is 4.21 Å². The van der Waals surface area contributed by atoms with E-state index in [1.54, 1.807) is 12.5 Å². The summed E-state index contributed by atoms with van der Waals surface area (Å²) in [6.07, 6.45) is 4.36. The molecule has 0 spiro atoms. The van der Waals surface area contributed by atoms with Crippen LogP contribution in [0.1, 0.15) is 13.3 Å². The predicted molar refractivity (Wildman–Crippen MR) is 68.4 cm³/mol. The van der Waals surface area contributed by atoms with Crippen molar-refractivity contribution in [2.24, 2.45) is 9.98 Å². The fraction of sp³-hybridized carbons (Fsp3) is 0.900. The van der Waals surface area contributed by atoms with Crippen LogP contribution in [0.5, 0.6) is 0 Å². The van der Waals surface area contributed by atoms with Gasteiger partial charge in [-0.2, -0.15) is 0 Å². The first kappa shape index (κ1) is 16.9. The molecule has 0 aromatic heterocycles. The molecule has 0 aliphatic rings. The molecule has 0 bridgehead atoms. The highest BCUT2D eigenvalue weighted by Crippen LogP contribution is 1.82. The van der Waals surface area contributed by atoms with Gasteiger partial charge in [0.2, 0.25) is 0 Å². The summed E-state index contributed by atoms with van der Waals surface area (Å²) in [6.45, 7) is 4.67. The maximum Gasteiger partial charge on any atom is 0.0892 e. The lowest BCUT2D eigenvalue weighted by atomic mass is 10.4. The first-order valence-electron chi connectivity index (χ1n) is 4.98.